The number of hydrogen-bond donors (Lipinski definition) is 2. The maximum atomic E-state index is 12.1. The second-order valence-electron chi connectivity index (χ2n) is 5.87. The molecule has 2 rings (SSSR count). The molecule has 1 aromatic carbocycles. The van der Waals surface area contributed by atoms with Gasteiger partial charge < -0.3 is 15.7 Å². The van der Waals surface area contributed by atoms with Crippen molar-refractivity contribution in [3.63, 3.8) is 0 Å². The molecular formula is C19H23N3O3. The normalized spacial score (nSPS) is 11.7. The van der Waals surface area contributed by atoms with E-state index in [4.69, 9.17) is 5.73 Å². The van der Waals surface area contributed by atoms with Crippen LogP contribution in [0, 0.1) is 0 Å². The number of carbonyl (C=O) groups is 2. The lowest BCUT2D eigenvalue weighted by molar-refractivity contribution is 0.0949. The number of hydrogen-bond acceptors (Lipinski definition) is 4. The van der Waals surface area contributed by atoms with Crippen LogP contribution in [0.15, 0.2) is 54.7 Å². The maximum absolute atomic E-state index is 12.1. The van der Waals surface area contributed by atoms with Crippen LogP contribution in [-0.2, 0) is 6.54 Å². The zero-order chi connectivity index (χ0) is 18.1. The topological polar surface area (TPSA) is 96.5 Å². The fraction of sp³-hybridized carbons (Fsp3) is 0.316. The highest BCUT2D eigenvalue weighted by molar-refractivity contribution is 5.98. The molecule has 2 aromatic rings. The summed E-state index contributed by atoms with van der Waals surface area (Å²) >= 11 is 0. The first kappa shape index (κ1) is 18.6. The first-order valence-electron chi connectivity index (χ1n) is 8.30. The molecular weight excluding hydrogens is 318 g/mol. The van der Waals surface area contributed by atoms with Crippen LogP contribution in [0.5, 0.6) is 0 Å². The number of amides is 1. The second kappa shape index (κ2) is 9.54. The van der Waals surface area contributed by atoms with Crippen LogP contribution in [0.4, 0.5) is 4.79 Å². The number of benzene rings is 1. The van der Waals surface area contributed by atoms with E-state index in [-0.39, 0.29) is 5.78 Å². The van der Waals surface area contributed by atoms with E-state index < -0.39 is 12.1 Å². The molecule has 1 heterocycles. The molecule has 0 radical (unpaired) electrons. The van der Waals surface area contributed by atoms with Gasteiger partial charge in [0.15, 0.2) is 5.78 Å². The number of nitrogens with zero attached hydrogens (tertiary/aromatic N) is 2. The van der Waals surface area contributed by atoms with E-state index >= 15 is 0 Å². The summed E-state index contributed by atoms with van der Waals surface area (Å²) in [5.41, 5.74) is 7.25. The molecule has 6 heteroatoms. The summed E-state index contributed by atoms with van der Waals surface area (Å²) in [6, 6.07) is 14.0. The van der Waals surface area contributed by atoms with Crippen molar-refractivity contribution in [2.75, 3.05) is 6.54 Å². The van der Waals surface area contributed by atoms with Crippen molar-refractivity contribution in [1.82, 2.24) is 9.88 Å². The Balaban J connectivity index is 1.76. The molecule has 1 aromatic heterocycles. The molecule has 0 aliphatic heterocycles. The van der Waals surface area contributed by atoms with Crippen molar-refractivity contribution in [3.05, 3.63) is 66.0 Å². The number of unbranched alkanes of at least 4 members (excludes halogenated alkanes) is 1. The van der Waals surface area contributed by atoms with Crippen LogP contribution in [0.3, 0.4) is 0 Å². The van der Waals surface area contributed by atoms with Gasteiger partial charge in [0.2, 0.25) is 0 Å². The Morgan fingerprint density at radius 2 is 1.80 bits per heavy atom. The lowest BCUT2D eigenvalue weighted by Gasteiger charge is -2.19. The number of ketones is 1. The summed E-state index contributed by atoms with van der Waals surface area (Å²) in [6.07, 6.45) is 2.46. The Morgan fingerprint density at radius 3 is 2.44 bits per heavy atom. The minimum atomic E-state index is -0.947. The smallest absolute Gasteiger partial charge is 0.407 e. The van der Waals surface area contributed by atoms with Crippen molar-refractivity contribution in [2.45, 2.75) is 31.8 Å². The van der Waals surface area contributed by atoms with Crippen LogP contribution in [0.25, 0.3) is 0 Å². The summed E-state index contributed by atoms with van der Waals surface area (Å²) in [5, 5.41) is 9.32. The quantitative estimate of drug-likeness (QED) is 0.540. The zero-order valence-corrected chi connectivity index (χ0v) is 14.0. The first-order chi connectivity index (χ1) is 12.1. The predicted molar refractivity (Wildman–Crippen MR) is 95.3 cm³/mol. The van der Waals surface area contributed by atoms with Gasteiger partial charge in [-0.25, -0.2) is 4.79 Å². The average Bonchev–Trinajstić information content (AvgIpc) is 2.64. The molecule has 0 unspecified atom stereocenters. The number of nitrogens with two attached hydrogens (primary N) is 1. The van der Waals surface area contributed by atoms with Gasteiger partial charge in [0, 0.05) is 19.3 Å². The lowest BCUT2D eigenvalue weighted by atomic mass is 10.0. The van der Waals surface area contributed by atoms with Crippen LogP contribution in [-0.4, -0.2) is 39.5 Å². The molecule has 0 bridgehead atoms. The number of Topliss-reactive ketones (excluding diaryl/α,β-unsaturated/α-hetero) is 1. The van der Waals surface area contributed by atoms with Gasteiger partial charge in [0.05, 0.1) is 6.04 Å². The van der Waals surface area contributed by atoms with Crippen molar-refractivity contribution in [1.29, 1.82) is 0 Å². The molecule has 6 nitrogen and oxygen atoms in total. The fourth-order valence-electron chi connectivity index (χ4n) is 2.54. The highest BCUT2D eigenvalue weighted by Gasteiger charge is 2.17. The lowest BCUT2D eigenvalue weighted by Crippen LogP contribution is -2.32. The summed E-state index contributed by atoms with van der Waals surface area (Å²) in [6.45, 7) is 0.768. The van der Waals surface area contributed by atoms with Gasteiger partial charge in [0.1, 0.15) is 5.69 Å². The molecule has 1 amide bonds. The van der Waals surface area contributed by atoms with Crippen LogP contribution in [0.2, 0.25) is 0 Å². The Kier molecular flexibility index (Phi) is 7.10. The van der Waals surface area contributed by atoms with Gasteiger partial charge in [-0.2, -0.15) is 0 Å². The predicted octanol–water partition coefficient (Wildman–Crippen LogP) is 2.94. The molecule has 0 saturated carbocycles. The number of carboxylic acid groups (broad SMARTS) is 1. The third-order valence-corrected chi connectivity index (χ3v) is 3.93. The van der Waals surface area contributed by atoms with Gasteiger partial charge in [-0.15, -0.1) is 0 Å². The zero-order valence-electron chi connectivity index (χ0n) is 14.0. The SMILES string of the molecule is N[C@@H](CCCCN(Cc1ccccc1)C(=O)O)C(=O)c1ccccn1. The molecule has 3 N–H and O–H groups in total. The standard InChI is InChI=1S/C19H23N3O3/c20-16(18(23)17-11-4-6-12-21-17)10-5-7-13-22(19(24)25)14-15-8-2-1-3-9-15/h1-4,6,8-9,11-12,16H,5,7,10,13-14,20H2,(H,24,25)/t16-/m0/s1. The van der Waals surface area contributed by atoms with Crippen molar-refractivity contribution < 1.29 is 14.7 Å². The van der Waals surface area contributed by atoms with Crippen LogP contribution < -0.4 is 5.73 Å². The largest absolute Gasteiger partial charge is 0.465 e. The molecule has 0 spiro atoms. The van der Waals surface area contributed by atoms with E-state index in [0.717, 1.165) is 5.56 Å². The van der Waals surface area contributed by atoms with Crippen molar-refractivity contribution in [2.24, 2.45) is 5.73 Å². The third-order valence-electron chi connectivity index (χ3n) is 3.93. The molecule has 132 valence electrons. The van der Waals surface area contributed by atoms with E-state index in [1.807, 2.05) is 30.3 Å². The fourth-order valence-corrected chi connectivity index (χ4v) is 2.54. The van der Waals surface area contributed by atoms with E-state index in [1.165, 1.54) is 4.90 Å². The van der Waals surface area contributed by atoms with Crippen molar-refractivity contribution in [3.8, 4) is 0 Å². The second-order valence-corrected chi connectivity index (χ2v) is 5.87. The molecule has 0 aliphatic carbocycles. The monoisotopic (exact) mass is 341 g/mol. The average molecular weight is 341 g/mol. The Bertz CT molecular complexity index is 677. The number of rotatable bonds is 9. The van der Waals surface area contributed by atoms with Gasteiger partial charge in [-0.05, 0) is 37.0 Å². The summed E-state index contributed by atoms with van der Waals surface area (Å²) < 4.78 is 0. The number of pyridine rings is 1. The van der Waals surface area contributed by atoms with Gasteiger partial charge >= 0.3 is 6.09 Å². The number of carbonyl (C=O) groups excluding carboxylic acids is 1. The molecule has 1 atom stereocenters. The Labute approximate surface area is 147 Å². The minimum Gasteiger partial charge on any atom is -0.465 e. The van der Waals surface area contributed by atoms with E-state index in [0.29, 0.717) is 38.0 Å². The minimum absolute atomic E-state index is 0.181. The van der Waals surface area contributed by atoms with Gasteiger partial charge in [-0.3, -0.25) is 9.78 Å². The summed E-state index contributed by atoms with van der Waals surface area (Å²) in [5.74, 6) is -0.181. The highest BCUT2D eigenvalue weighted by Crippen LogP contribution is 2.09. The molecule has 0 aliphatic rings. The Morgan fingerprint density at radius 1 is 1.08 bits per heavy atom. The number of aromatic nitrogens is 1. The molecule has 25 heavy (non-hydrogen) atoms. The highest BCUT2D eigenvalue weighted by atomic mass is 16.4. The Hall–Kier alpha value is -2.73. The van der Waals surface area contributed by atoms with Gasteiger partial charge in [0.25, 0.3) is 0 Å². The third kappa shape index (κ3) is 6.00. The van der Waals surface area contributed by atoms with E-state index in [1.54, 1.807) is 24.4 Å². The van der Waals surface area contributed by atoms with Crippen molar-refractivity contribution >= 4 is 11.9 Å². The molecule has 0 fully saturated rings. The summed E-state index contributed by atoms with van der Waals surface area (Å²) in [4.78, 5) is 28.9. The van der Waals surface area contributed by atoms with E-state index in [9.17, 15) is 14.7 Å². The van der Waals surface area contributed by atoms with Crippen LogP contribution >= 0.6 is 0 Å². The molecule has 0 saturated heterocycles. The summed E-state index contributed by atoms with van der Waals surface area (Å²) in [7, 11) is 0. The van der Waals surface area contributed by atoms with Gasteiger partial charge in [-0.1, -0.05) is 36.4 Å². The van der Waals surface area contributed by atoms with Crippen LogP contribution in [0.1, 0.15) is 35.3 Å². The maximum Gasteiger partial charge on any atom is 0.407 e. The first-order valence-corrected chi connectivity index (χ1v) is 8.30. The van der Waals surface area contributed by atoms with E-state index in [2.05, 4.69) is 4.98 Å².